The van der Waals surface area contributed by atoms with Gasteiger partial charge in [0, 0.05) is 25.2 Å². The third-order valence-electron chi connectivity index (χ3n) is 4.60. The summed E-state index contributed by atoms with van der Waals surface area (Å²) in [6.45, 7) is 6.45. The van der Waals surface area contributed by atoms with Crippen LogP contribution in [0.4, 0.5) is 0 Å². The zero-order chi connectivity index (χ0) is 17.6. The SMILES string of the molecule is Cc1ccc(C)c(CN(Cc2ccccc2)Cc2ccccc2)c1O.Cl. The van der Waals surface area contributed by atoms with Crippen LogP contribution >= 0.6 is 12.4 Å². The minimum absolute atomic E-state index is 0. The van der Waals surface area contributed by atoms with E-state index in [-0.39, 0.29) is 12.4 Å². The molecule has 0 aliphatic rings. The highest BCUT2D eigenvalue weighted by atomic mass is 35.5. The minimum Gasteiger partial charge on any atom is -0.507 e. The van der Waals surface area contributed by atoms with Gasteiger partial charge in [0.2, 0.25) is 0 Å². The standard InChI is InChI=1S/C23H25NO.ClH/c1-18-13-14-19(2)23(25)22(18)17-24(15-20-9-5-3-6-10-20)16-21-11-7-4-8-12-21;/h3-14,25H,15-17H2,1-2H3;1H. The number of phenolic OH excluding ortho intramolecular Hbond substituents is 1. The first-order valence-electron chi connectivity index (χ1n) is 8.72. The van der Waals surface area contributed by atoms with Gasteiger partial charge >= 0.3 is 0 Å². The molecule has 0 atom stereocenters. The average Bonchev–Trinajstić information content (AvgIpc) is 2.63. The zero-order valence-corrected chi connectivity index (χ0v) is 16.2. The second-order valence-corrected chi connectivity index (χ2v) is 6.64. The van der Waals surface area contributed by atoms with Gasteiger partial charge in [-0.1, -0.05) is 72.8 Å². The number of aromatic hydroxyl groups is 1. The summed E-state index contributed by atoms with van der Waals surface area (Å²) < 4.78 is 0. The molecule has 0 fully saturated rings. The highest BCUT2D eigenvalue weighted by molar-refractivity contribution is 5.85. The number of phenols is 1. The molecule has 3 aromatic carbocycles. The van der Waals surface area contributed by atoms with E-state index in [9.17, 15) is 5.11 Å². The Kier molecular flexibility index (Phi) is 7.26. The van der Waals surface area contributed by atoms with Crippen molar-refractivity contribution < 1.29 is 5.11 Å². The molecule has 0 amide bonds. The van der Waals surface area contributed by atoms with Crippen LogP contribution < -0.4 is 0 Å². The van der Waals surface area contributed by atoms with Crippen LogP contribution in [0.15, 0.2) is 72.8 Å². The zero-order valence-electron chi connectivity index (χ0n) is 15.4. The maximum Gasteiger partial charge on any atom is 0.123 e. The average molecular weight is 368 g/mol. The van der Waals surface area contributed by atoms with E-state index in [0.29, 0.717) is 5.75 Å². The smallest absolute Gasteiger partial charge is 0.123 e. The van der Waals surface area contributed by atoms with E-state index in [0.717, 1.165) is 36.3 Å². The van der Waals surface area contributed by atoms with Crippen LogP contribution in [0.5, 0.6) is 5.75 Å². The van der Waals surface area contributed by atoms with E-state index in [1.54, 1.807) is 0 Å². The fourth-order valence-corrected chi connectivity index (χ4v) is 3.13. The molecule has 0 saturated heterocycles. The summed E-state index contributed by atoms with van der Waals surface area (Å²) in [4.78, 5) is 2.38. The van der Waals surface area contributed by atoms with Gasteiger partial charge in [0.05, 0.1) is 0 Å². The molecule has 0 unspecified atom stereocenters. The van der Waals surface area contributed by atoms with Crippen molar-refractivity contribution in [2.45, 2.75) is 33.5 Å². The normalized spacial score (nSPS) is 10.6. The largest absolute Gasteiger partial charge is 0.507 e. The first-order chi connectivity index (χ1) is 12.1. The molecule has 0 aliphatic heterocycles. The number of rotatable bonds is 6. The lowest BCUT2D eigenvalue weighted by atomic mass is 10.0. The van der Waals surface area contributed by atoms with Crippen molar-refractivity contribution in [2.75, 3.05) is 0 Å². The van der Waals surface area contributed by atoms with Crippen LogP contribution in [-0.4, -0.2) is 10.0 Å². The van der Waals surface area contributed by atoms with E-state index in [1.807, 2.05) is 25.1 Å². The molecule has 0 aromatic heterocycles. The maximum absolute atomic E-state index is 10.5. The summed E-state index contributed by atoms with van der Waals surface area (Å²) in [6.07, 6.45) is 0. The lowest BCUT2D eigenvalue weighted by molar-refractivity contribution is 0.243. The van der Waals surface area contributed by atoms with Crippen LogP contribution in [0.2, 0.25) is 0 Å². The number of hydrogen-bond acceptors (Lipinski definition) is 2. The molecule has 3 rings (SSSR count). The fourth-order valence-electron chi connectivity index (χ4n) is 3.13. The molecule has 0 saturated carbocycles. The van der Waals surface area contributed by atoms with E-state index < -0.39 is 0 Å². The van der Waals surface area contributed by atoms with Crippen LogP contribution in [0.1, 0.15) is 27.8 Å². The van der Waals surface area contributed by atoms with Crippen molar-refractivity contribution in [1.82, 2.24) is 4.90 Å². The molecule has 0 radical (unpaired) electrons. The Bertz CT molecular complexity index is 777. The molecule has 3 heteroatoms. The van der Waals surface area contributed by atoms with Crippen molar-refractivity contribution >= 4 is 12.4 Å². The van der Waals surface area contributed by atoms with Gasteiger partial charge in [-0.2, -0.15) is 0 Å². The van der Waals surface area contributed by atoms with Gasteiger partial charge in [-0.3, -0.25) is 4.90 Å². The van der Waals surface area contributed by atoms with Crippen molar-refractivity contribution in [3.63, 3.8) is 0 Å². The van der Waals surface area contributed by atoms with E-state index in [2.05, 4.69) is 66.4 Å². The molecule has 136 valence electrons. The molecule has 0 heterocycles. The summed E-state index contributed by atoms with van der Waals surface area (Å²) in [5.74, 6) is 0.422. The molecule has 26 heavy (non-hydrogen) atoms. The molecule has 2 nitrogen and oxygen atoms in total. The Hall–Kier alpha value is -2.29. The van der Waals surface area contributed by atoms with Crippen LogP contribution in [-0.2, 0) is 19.6 Å². The Morgan fingerprint density at radius 1 is 0.654 bits per heavy atom. The van der Waals surface area contributed by atoms with Gasteiger partial charge in [-0.15, -0.1) is 12.4 Å². The number of nitrogens with zero attached hydrogens (tertiary/aromatic N) is 1. The molecule has 0 bridgehead atoms. The predicted octanol–water partition coefficient (Wildman–Crippen LogP) is 5.63. The van der Waals surface area contributed by atoms with Gasteiger partial charge in [0.15, 0.2) is 0 Å². The van der Waals surface area contributed by atoms with Crippen LogP contribution in [0.3, 0.4) is 0 Å². The molecular weight excluding hydrogens is 342 g/mol. The van der Waals surface area contributed by atoms with Gasteiger partial charge in [-0.05, 0) is 36.1 Å². The lowest BCUT2D eigenvalue weighted by Crippen LogP contribution is -2.23. The summed E-state index contributed by atoms with van der Waals surface area (Å²) in [6, 6.07) is 25.1. The van der Waals surface area contributed by atoms with Gasteiger partial charge in [-0.25, -0.2) is 0 Å². The van der Waals surface area contributed by atoms with Crippen molar-refractivity contribution in [2.24, 2.45) is 0 Å². The summed E-state index contributed by atoms with van der Waals surface area (Å²) in [5, 5.41) is 10.5. The van der Waals surface area contributed by atoms with E-state index >= 15 is 0 Å². The van der Waals surface area contributed by atoms with E-state index in [4.69, 9.17) is 0 Å². The first kappa shape index (κ1) is 20.0. The number of aryl methyl sites for hydroxylation is 2. The molecule has 0 spiro atoms. The van der Waals surface area contributed by atoms with Crippen LogP contribution in [0.25, 0.3) is 0 Å². The second-order valence-electron chi connectivity index (χ2n) is 6.64. The Morgan fingerprint density at radius 3 is 1.62 bits per heavy atom. The second kappa shape index (κ2) is 9.42. The Morgan fingerprint density at radius 2 is 1.12 bits per heavy atom. The lowest BCUT2D eigenvalue weighted by Gasteiger charge is -2.24. The van der Waals surface area contributed by atoms with Crippen molar-refractivity contribution in [3.8, 4) is 5.75 Å². The number of hydrogen-bond donors (Lipinski definition) is 1. The van der Waals surface area contributed by atoms with E-state index in [1.165, 1.54) is 11.1 Å². The topological polar surface area (TPSA) is 23.5 Å². The van der Waals surface area contributed by atoms with Crippen molar-refractivity contribution in [3.05, 3.63) is 101 Å². The third-order valence-corrected chi connectivity index (χ3v) is 4.60. The third kappa shape index (κ3) is 5.10. The molecule has 3 aromatic rings. The van der Waals surface area contributed by atoms with Crippen LogP contribution in [0, 0.1) is 13.8 Å². The minimum atomic E-state index is 0. The highest BCUT2D eigenvalue weighted by Gasteiger charge is 2.14. The summed E-state index contributed by atoms with van der Waals surface area (Å²) in [7, 11) is 0. The number of benzene rings is 3. The Balaban J connectivity index is 0.00000243. The summed E-state index contributed by atoms with van der Waals surface area (Å²) >= 11 is 0. The van der Waals surface area contributed by atoms with Gasteiger partial charge in [0.25, 0.3) is 0 Å². The Labute approximate surface area is 162 Å². The van der Waals surface area contributed by atoms with Gasteiger partial charge in [0.1, 0.15) is 5.75 Å². The molecular formula is C23H26ClNO. The van der Waals surface area contributed by atoms with Gasteiger partial charge < -0.3 is 5.11 Å². The maximum atomic E-state index is 10.5. The molecule has 1 N–H and O–H groups in total. The first-order valence-corrected chi connectivity index (χ1v) is 8.72. The predicted molar refractivity (Wildman–Crippen MR) is 111 cm³/mol. The number of halogens is 1. The quantitative estimate of drug-likeness (QED) is 0.610. The summed E-state index contributed by atoms with van der Waals surface area (Å²) in [5.41, 5.74) is 5.65. The fraction of sp³-hybridized carbons (Fsp3) is 0.217. The monoisotopic (exact) mass is 367 g/mol. The van der Waals surface area contributed by atoms with Crippen molar-refractivity contribution in [1.29, 1.82) is 0 Å². The molecule has 0 aliphatic carbocycles. The highest BCUT2D eigenvalue weighted by Crippen LogP contribution is 2.27.